The highest BCUT2D eigenvalue weighted by Gasteiger charge is 2.22. The monoisotopic (exact) mass is 201 g/mol. The predicted octanol–water partition coefficient (Wildman–Crippen LogP) is 0.475. The average Bonchev–Trinajstić information content (AvgIpc) is 2.68. The van der Waals surface area contributed by atoms with E-state index >= 15 is 0 Å². The van der Waals surface area contributed by atoms with Crippen molar-refractivity contribution in [1.82, 2.24) is 9.55 Å². The van der Waals surface area contributed by atoms with Gasteiger partial charge in [-0.25, -0.2) is 4.98 Å². The van der Waals surface area contributed by atoms with Crippen molar-refractivity contribution in [2.45, 2.75) is 25.4 Å². The number of aliphatic hydroxyl groups excluding tert-OH is 1. The maximum Gasteiger partial charge on any atom is 0.133 e. The Hall–Kier alpha value is -0.580. The predicted molar refractivity (Wildman–Crippen MR) is 49.6 cm³/mol. The third kappa shape index (κ3) is 1.35. The number of hydrogen-bond acceptors (Lipinski definition) is 3. The third-order valence-corrected chi connectivity index (χ3v) is 2.74. The third-order valence-electron chi connectivity index (χ3n) is 2.34. The van der Waals surface area contributed by atoms with Crippen molar-refractivity contribution in [3.63, 3.8) is 0 Å². The maximum atomic E-state index is 8.87. The fraction of sp³-hybridized carbons (Fsp3) is 0.625. The summed E-state index contributed by atoms with van der Waals surface area (Å²) in [6, 6.07) is -0.453. The summed E-state index contributed by atoms with van der Waals surface area (Å²) in [6.45, 7) is 0.801. The fourth-order valence-electron chi connectivity index (χ4n) is 1.63. The lowest BCUT2D eigenvalue weighted by molar-refractivity contribution is 0.266. The number of hydrogen-bond donors (Lipinski definition) is 2. The van der Waals surface area contributed by atoms with Gasteiger partial charge in [0.25, 0.3) is 0 Å². The number of rotatable bonds is 2. The van der Waals surface area contributed by atoms with Gasteiger partial charge in [0.05, 0.1) is 18.3 Å². The molecular weight excluding hydrogens is 190 g/mol. The Morgan fingerprint density at radius 2 is 2.46 bits per heavy atom. The summed E-state index contributed by atoms with van der Waals surface area (Å²) in [7, 11) is 0. The quantitative estimate of drug-likeness (QED) is 0.732. The van der Waals surface area contributed by atoms with Crippen LogP contribution < -0.4 is 5.73 Å². The van der Waals surface area contributed by atoms with E-state index < -0.39 is 6.04 Å². The minimum atomic E-state index is -0.453. The van der Waals surface area contributed by atoms with Crippen LogP contribution in [0.3, 0.4) is 0 Å². The van der Waals surface area contributed by atoms with Crippen molar-refractivity contribution in [3.8, 4) is 0 Å². The lowest BCUT2D eigenvalue weighted by atomic mass is 10.2. The highest BCUT2D eigenvalue weighted by molar-refractivity contribution is 6.30. The van der Waals surface area contributed by atoms with Crippen molar-refractivity contribution in [3.05, 3.63) is 16.7 Å². The molecule has 2 rings (SSSR count). The normalized spacial score (nSPS) is 17.5. The van der Waals surface area contributed by atoms with E-state index in [4.69, 9.17) is 22.4 Å². The average molecular weight is 202 g/mol. The Morgan fingerprint density at radius 1 is 1.69 bits per heavy atom. The minimum Gasteiger partial charge on any atom is -0.394 e. The molecule has 1 aliphatic rings. The highest BCUT2D eigenvalue weighted by Crippen LogP contribution is 2.27. The molecule has 1 atom stereocenters. The molecule has 0 radical (unpaired) electrons. The second-order valence-electron chi connectivity index (χ2n) is 3.25. The molecule has 2 heterocycles. The van der Waals surface area contributed by atoms with Crippen LogP contribution in [-0.2, 0) is 13.0 Å². The molecule has 3 N–H and O–H groups in total. The zero-order chi connectivity index (χ0) is 9.42. The van der Waals surface area contributed by atoms with Gasteiger partial charge in [-0.15, -0.1) is 0 Å². The molecular formula is C8H12ClN3O. The van der Waals surface area contributed by atoms with Gasteiger partial charge in [-0.1, -0.05) is 11.6 Å². The van der Waals surface area contributed by atoms with Crippen molar-refractivity contribution >= 4 is 11.6 Å². The molecule has 13 heavy (non-hydrogen) atoms. The SMILES string of the molecule is NC(CO)c1nc2n(c1Cl)CCC2. The van der Waals surface area contributed by atoms with Gasteiger partial charge in [0, 0.05) is 13.0 Å². The molecule has 1 aliphatic heterocycles. The second-order valence-corrected chi connectivity index (χ2v) is 3.61. The largest absolute Gasteiger partial charge is 0.394 e. The van der Waals surface area contributed by atoms with Gasteiger partial charge in [0.2, 0.25) is 0 Å². The van der Waals surface area contributed by atoms with E-state index in [2.05, 4.69) is 4.98 Å². The van der Waals surface area contributed by atoms with Crippen LogP contribution in [0.5, 0.6) is 0 Å². The Kier molecular flexibility index (Phi) is 2.27. The molecule has 0 bridgehead atoms. The first kappa shape index (κ1) is 8.99. The Morgan fingerprint density at radius 3 is 3.08 bits per heavy atom. The molecule has 4 nitrogen and oxygen atoms in total. The number of nitrogens with zero attached hydrogens (tertiary/aromatic N) is 2. The van der Waals surface area contributed by atoms with Gasteiger partial charge in [-0.3, -0.25) is 0 Å². The van der Waals surface area contributed by atoms with Crippen LogP contribution in [0.4, 0.5) is 0 Å². The zero-order valence-corrected chi connectivity index (χ0v) is 7.96. The molecule has 0 aromatic carbocycles. The first-order chi connectivity index (χ1) is 6.24. The van der Waals surface area contributed by atoms with E-state index in [9.17, 15) is 0 Å². The number of nitrogens with two attached hydrogens (primary N) is 1. The van der Waals surface area contributed by atoms with Crippen LogP contribution in [0.15, 0.2) is 0 Å². The van der Waals surface area contributed by atoms with E-state index in [1.54, 1.807) is 0 Å². The summed E-state index contributed by atoms with van der Waals surface area (Å²) in [6.07, 6.45) is 2.05. The first-order valence-electron chi connectivity index (χ1n) is 4.35. The number of aromatic nitrogens is 2. The molecule has 5 heteroatoms. The molecule has 72 valence electrons. The van der Waals surface area contributed by atoms with Crippen LogP contribution in [0, 0.1) is 0 Å². The smallest absolute Gasteiger partial charge is 0.133 e. The molecule has 0 aliphatic carbocycles. The van der Waals surface area contributed by atoms with Crippen molar-refractivity contribution < 1.29 is 5.11 Å². The van der Waals surface area contributed by atoms with Gasteiger partial charge in [0.15, 0.2) is 0 Å². The van der Waals surface area contributed by atoms with Gasteiger partial charge < -0.3 is 15.4 Å². The highest BCUT2D eigenvalue weighted by atomic mass is 35.5. The number of halogens is 1. The maximum absolute atomic E-state index is 8.87. The molecule has 0 saturated heterocycles. The molecule has 1 aromatic rings. The van der Waals surface area contributed by atoms with Crippen molar-refractivity contribution in [2.75, 3.05) is 6.61 Å². The summed E-state index contributed by atoms with van der Waals surface area (Å²) in [5.41, 5.74) is 6.27. The van der Waals surface area contributed by atoms with Gasteiger partial charge in [-0.2, -0.15) is 0 Å². The zero-order valence-electron chi connectivity index (χ0n) is 7.20. The summed E-state index contributed by atoms with van der Waals surface area (Å²) in [5.74, 6) is 0.990. The summed E-state index contributed by atoms with van der Waals surface area (Å²) >= 11 is 6.05. The van der Waals surface area contributed by atoms with Crippen LogP contribution in [0.2, 0.25) is 5.15 Å². The van der Waals surface area contributed by atoms with Crippen molar-refractivity contribution in [1.29, 1.82) is 0 Å². The number of aliphatic hydroxyl groups is 1. The Balaban J connectivity index is 2.38. The molecule has 0 fully saturated rings. The van der Waals surface area contributed by atoms with Gasteiger partial charge in [0.1, 0.15) is 11.0 Å². The molecule has 0 amide bonds. The van der Waals surface area contributed by atoms with Crippen LogP contribution in [-0.4, -0.2) is 21.3 Å². The van der Waals surface area contributed by atoms with Crippen LogP contribution in [0.1, 0.15) is 24.0 Å². The lowest BCUT2D eigenvalue weighted by Gasteiger charge is -2.05. The standard InChI is InChI=1S/C8H12ClN3O/c9-8-7(5(10)4-13)11-6-2-1-3-12(6)8/h5,13H,1-4,10H2. The lowest BCUT2D eigenvalue weighted by Crippen LogP contribution is -2.15. The van der Waals surface area contributed by atoms with E-state index in [-0.39, 0.29) is 6.61 Å². The first-order valence-corrected chi connectivity index (χ1v) is 4.73. The summed E-state index contributed by atoms with van der Waals surface area (Å²) < 4.78 is 1.96. The number of imidazole rings is 1. The van der Waals surface area contributed by atoms with Gasteiger partial charge in [-0.05, 0) is 6.42 Å². The van der Waals surface area contributed by atoms with E-state index in [0.29, 0.717) is 10.8 Å². The number of aryl methyl sites for hydroxylation is 1. The van der Waals surface area contributed by atoms with Crippen molar-refractivity contribution in [2.24, 2.45) is 5.73 Å². The van der Waals surface area contributed by atoms with E-state index in [1.165, 1.54) is 0 Å². The molecule has 1 unspecified atom stereocenters. The van der Waals surface area contributed by atoms with E-state index in [1.807, 2.05) is 4.57 Å². The van der Waals surface area contributed by atoms with Gasteiger partial charge >= 0.3 is 0 Å². The summed E-state index contributed by atoms with van der Waals surface area (Å²) in [4.78, 5) is 4.31. The molecule has 0 spiro atoms. The molecule has 0 saturated carbocycles. The fourth-order valence-corrected chi connectivity index (χ4v) is 2.00. The molecule has 1 aromatic heterocycles. The van der Waals surface area contributed by atoms with Crippen LogP contribution >= 0.6 is 11.6 Å². The topological polar surface area (TPSA) is 64.1 Å². The Bertz CT molecular complexity index is 323. The van der Waals surface area contributed by atoms with Crippen LogP contribution in [0.25, 0.3) is 0 Å². The number of fused-ring (bicyclic) bond motifs is 1. The minimum absolute atomic E-state index is 0.115. The second kappa shape index (κ2) is 3.29. The van der Waals surface area contributed by atoms with E-state index in [0.717, 1.165) is 25.2 Å². The summed E-state index contributed by atoms with van der Waals surface area (Å²) in [5, 5.41) is 9.46. The Labute approximate surface area is 81.3 Å².